The van der Waals surface area contributed by atoms with E-state index in [9.17, 15) is 9.59 Å². The molecule has 102 valence electrons. The summed E-state index contributed by atoms with van der Waals surface area (Å²) in [7, 11) is 1.66. The normalized spacial score (nSPS) is 16.8. The average molecular weight is 268 g/mol. The first-order valence-electron chi connectivity index (χ1n) is 6.70. The lowest BCUT2D eigenvalue weighted by Crippen LogP contribution is -2.28. The first-order valence-corrected chi connectivity index (χ1v) is 6.70. The second-order valence-corrected chi connectivity index (χ2v) is 5.13. The third kappa shape index (κ3) is 2.25. The standard InChI is InChI=1S/C16H16N2O2/c1-18-9-8-12(10-15(18)19)16(20)17-14-7-6-11-4-2-3-5-13(11)14/h2-5,8-10,14H,6-7H2,1H3,(H,17,20). The largest absolute Gasteiger partial charge is 0.345 e. The fourth-order valence-electron chi connectivity index (χ4n) is 2.64. The third-order valence-electron chi connectivity index (χ3n) is 3.80. The van der Waals surface area contributed by atoms with Crippen molar-refractivity contribution >= 4 is 5.91 Å². The second kappa shape index (κ2) is 4.96. The number of aryl methyl sites for hydroxylation is 2. The molecule has 0 radical (unpaired) electrons. The van der Waals surface area contributed by atoms with E-state index in [4.69, 9.17) is 0 Å². The lowest BCUT2D eigenvalue weighted by atomic mass is 10.1. The van der Waals surface area contributed by atoms with Crippen LogP contribution in [-0.4, -0.2) is 10.5 Å². The number of amides is 1. The van der Waals surface area contributed by atoms with Gasteiger partial charge >= 0.3 is 0 Å². The monoisotopic (exact) mass is 268 g/mol. The molecule has 1 aromatic carbocycles. The molecular formula is C16H16N2O2. The maximum absolute atomic E-state index is 12.2. The van der Waals surface area contributed by atoms with Gasteiger partial charge in [0.25, 0.3) is 11.5 Å². The highest BCUT2D eigenvalue weighted by molar-refractivity contribution is 5.94. The number of benzene rings is 1. The van der Waals surface area contributed by atoms with Crippen molar-refractivity contribution < 1.29 is 4.79 Å². The van der Waals surface area contributed by atoms with Crippen LogP contribution in [0.2, 0.25) is 0 Å². The van der Waals surface area contributed by atoms with Gasteiger partial charge in [-0.15, -0.1) is 0 Å². The zero-order valence-electron chi connectivity index (χ0n) is 11.3. The molecule has 20 heavy (non-hydrogen) atoms. The van der Waals surface area contributed by atoms with Crippen LogP contribution < -0.4 is 10.9 Å². The summed E-state index contributed by atoms with van der Waals surface area (Å²) in [5.74, 6) is -0.190. The number of aromatic nitrogens is 1. The van der Waals surface area contributed by atoms with E-state index in [2.05, 4.69) is 17.4 Å². The Morgan fingerprint density at radius 1 is 1.30 bits per heavy atom. The zero-order chi connectivity index (χ0) is 14.1. The summed E-state index contributed by atoms with van der Waals surface area (Å²) in [6.45, 7) is 0. The molecule has 0 spiro atoms. The van der Waals surface area contributed by atoms with Crippen molar-refractivity contribution in [3.63, 3.8) is 0 Å². The lowest BCUT2D eigenvalue weighted by molar-refractivity contribution is 0.0936. The molecule has 1 unspecified atom stereocenters. The predicted octanol–water partition coefficient (Wildman–Crippen LogP) is 1.80. The van der Waals surface area contributed by atoms with Gasteiger partial charge in [-0.2, -0.15) is 0 Å². The van der Waals surface area contributed by atoms with E-state index in [0.717, 1.165) is 12.8 Å². The number of hydrogen-bond donors (Lipinski definition) is 1. The van der Waals surface area contributed by atoms with Gasteiger partial charge in [0.05, 0.1) is 6.04 Å². The molecule has 1 atom stereocenters. The second-order valence-electron chi connectivity index (χ2n) is 5.13. The molecule has 1 heterocycles. The summed E-state index contributed by atoms with van der Waals surface area (Å²) in [5, 5.41) is 3.01. The first kappa shape index (κ1) is 12.7. The molecule has 0 fully saturated rings. The van der Waals surface area contributed by atoms with E-state index in [1.54, 1.807) is 19.3 Å². The number of fused-ring (bicyclic) bond motifs is 1. The molecule has 1 N–H and O–H groups in total. The van der Waals surface area contributed by atoms with Crippen LogP contribution in [0.15, 0.2) is 47.4 Å². The van der Waals surface area contributed by atoms with Gasteiger partial charge < -0.3 is 9.88 Å². The Labute approximate surface area is 117 Å². The van der Waals surface area contributed by atoms with E-state index in [1.165, 1.54) is 21.8 Å². The molecule has 0 saturated heterocycles. The summed E-state index contributed by atoms with van der Waals surface area (Å²) < 4.78 is 1.45. The van der Waals surface area contributed by atoms with Crippen LogP contribution in [0.4, 0.5) is 0 Å². The first-order chi connectivity index (χ1) is 9.65. The van der Waals surface area contributed by atoms with E-state index >= 15 is 0 Å². The van der Waals surface area contributed by atoms with Crippen molar-refractivity contribution in [3.8, 4) is 0 Å². The highest BCUT2D eigenvalue weighted by Gasteiger charge is 2.23. The Bertz CT molecular complexity index is 718. The van der Waals surface area contributed by atoms with Crippen LogP contribution in [0.5, 0.6) is 0 Å². The summed E-state index contributed by atoms with van der Waals surface area (Å²) >= 11 is 0. The van der Waals surface area contributed by atoms with Gasteiger partial charge in [-0.25, -0.2) is 0 Å². The Balaban J connectivity index is 1.80. The van der Waals surface area contributed by atoms with Crippen molar-refractivity contribution in [3.05, 3.63) is 69.6 Å². The van der Waals surface area contributed by atoms with Gasteiger partial charge in [0, 0.05) is 24.9 Å². The summed E-state index contributed by atoms with van der Waals surface area (Å²) in [6.07, 6.45) is 3.51. The maximum Gasteiger partial charge on any atom is 0.252 e. The van der Waals surface area contributed by atoms with Crippen molar-refractivity contribution in [1.82, 2.24) is 9.88 Å². The average Bonchev–Trinajstić information content (AvgIpc) is 2.85. The Hall–Kier alpha value is -2.36. The molecule has 3 rings (SSSR count). The number of nitrogens with one attached hydrogen (secondary N) is 1. The summed E-state index contributed by atoms with van der Waals surface area (Å²) in [4.78, 5) is 23.8. The maximum atomic E-state index is 12.2. The Morgan fingerprint density at radius 2 is 2.10 bits per heavy atom. The molecule has 1 aliphatic carbocycles. The fraction of sp³-hybridized carbons (Fsp3) is 0.250. The number of nitrogens with zero attached hydrogens (tertiary/aromatic N) is 1. The minimum atomic E-state index is -0.190. The van der Waals surface area contributed by atoms with Gasteiger partial charge in [0.1, 0.15) is 0 Å². The number of rotatable bonds is 2. The van der Waals surface area contributed by atoms with E-state index in [-0.39, 0.29) is 17.5 Å². The lowest BCUT2D eigenvalue weighted by Gasteiger charge is -2.14. The van der Waals surface area contributed by atoms with Crippen molar-refractivity contribution in [1.29, 1.82) is 0 Å². The molecule has 0 aliphatic heterocycles. The molecule has 4 nitrogen and oxygen atoms in total. The summed E-state index contributed by atoms with van der Waals surface area (Å²) in [5.41, 5.74) is 2.72. The van der Waals surface area contributed by atoms with E-state index < -0.39 is 0 Å². The Kier molecular flexibility index (Phi) is 3.14. The third-order valence-corrected chi connectivity index (χ3v) is 3.80. The number of carbonyl (C=O) groups excluding carboxylic acids is 1. The van der Waals surface area contributed by atoms with Crippen molar-refractivity contribution in [2.75, 3.05) is 0 Å². The molecule has 1 aromatic heterocycles. The fourth-order valence-corrected chi connectivity index (χ4v) is 2.64. The zero-order valence-corrected chi connectivity index (χ0v) is 11.3. The molecule has 0 bridgehead atoms. The molecular weight excluding hydrogens is 252 g/mol. The molecule has 0 saturated carbocycles. The van der Waals surface area contributed by atoms with Gasteiger partial charge in [0.2, 0.25) is 0 Å². The van der Waals surface area contributed by atoms with Crippen LogP contribution in [0.3, 0.4) is 0 Å². The van der Waals surface area contributed by atoms with E-state index in [1.807, 2.05) is 12.1 Å². The quantitative estimate of drug-likeness (QED) is 0.903. The molecule has 1 aliphatic rings. The minimum Gasteiger partial charge on any atom is -0.345 e. The minimum absolute atomic E-state index is 0.0442. The molecule has 1 amide bonds. The number of pyridine rings is 1. The molecule has 2 aromatic rings. The van der Waals surface area contributed by atoms with Crippen LogP contribution in [-0.2, 0) is 13.5 Å². The van der Waals surface area contributed by atoms with Crippen LogP contribution in [0.1, 0.15) is 33.9 Å². The molecule has 4 heteroatoms. The number of hydrogen-bond acceptors (Lipinski definition) is 2. The highest BCUT2D eigenvalue weighted by Crippen LogP contribution is 2.30. The SMILES string of the molecule is Cn1ccc(C(=O)NC2CCc3ccccc32)cc1=O. The van der Waals surface area contributed by atoms with Gasteiger partial charge in [-0.1, -0.05) is 24.3 Å². The van der Waals surface area contributed by atoms with Gasteiger partial charge in [-0.3, -0.25) is 9.59 Å². The summed E-state index contributed by atoms with van der Waals surface area (Å²) in [6, 6.07) is 11.2. The van der Waals surface area contributed by atoms with Gasteiger partial charge in [0.15, 0.2) is 0 Å². The van der Waals surface area contributed by atoms with E-state index in [0.29, 0.717) is 5.56 Å². The number of carbonyl (C=O) groups is 1. The Morgan fingerprint density at radius 3 is 2.90 bits per heavy atom. The van der Waals surface area contributed by atoms with Crippen molar-refractivity contribution in [2.45, 2.75) is 18.9 Å². The van der Waals surface area contributed by atoms with Gasteiger partial charge in [-0.05, 0) is 30.0 Å². The topological polar surface area (TPSA) is 51.1 Å². The smallest absolute Gasteiger partial charge is 0.252 e. The van der Waals surface area contributed by atoms with Crippen molar-refractivity contribution in [2.24, 2.45) is 7.05 Å². The van der Waals surface area contributed by atoms with Crippen LogP contribution in [0, 0.1) is 0 Å². The predicted molar refractivity (Wildman–Crippen MR) is 76.7 cm³/mol. The van der Waals surface area contributed by atoms with Crippen LogP contribution >= 0.6 is 0 Å². The highest BCUT2D eigenvalue weighted by atomic mass is 16.2. The van der Waals surface area contributed by atoms with Crippen LogP contribution in [0.25, 0.3) is 0 Å².